The minimum Gasteiger partial charge on any atom is -0.481 e. The average molecular weight is 563 g/mol. The number of para-hydroxylation sites is 1. The molecule has 4 rings (SSSR count). The minimum atomic E-state index is -4.28. The third kappa shape index (κ3) is 6.18. The maximum atomic E-state index is 13.8. The zero-order chi connectivity index (χ0) is 28.9. The van der Waals surface area contributed by atoms with Crippen LogP contribution in [0.3, 0.4) is 0 Å². The molecule has 1 atom stereocenters. The van der Waals surface area contributed by atoms with Gasteiger partial charge in [-0.1, -0.05) is 47.7 Å². The molecular formula is C30H30N2O7S. The topological polar surface area (TPSA) is 113 Å². The molecule has 3 aromatic carbocycles. The molecule has 0 saturated carbocycles. The maximum Gasteiger partial charge on any atom is 0.323 e. The van der Waals surface area contributed by atoms with Gasteiger partial charge in [0.1, 0.15) is 25.0 Å². The SMILES string of the molecule is COCC#CCOc1ccc(S(=O)(=O)N2Cc3ccccc3N(C(=O)c3ccc(C)cc3C)CC2C(=O)O)cc1. The number of aryl methyl sites for hydroxylation is 2. The first-order valence-electron chi connectivity index (χ1n) is 12.5. The molecule has 208 valence electrons. The zero-order valence-electron chi connectivity index (χ0n) is 22.5. The summed E-state index contributed by atoms with van der Waals surface area (Å²) in [5, 5.41) is 10.2. The number of carbonyl (C=O) groups is 2. The Morgan fingerprint density at radius 1 is 1.00 bits per heavy atom. The molecule has 10 heteroatoms. The van der Waals surface area contributed by atoms with E-state index in [1.54, 1.807) is 30.3 Å². The summed E-state index contributed by atoms with van der Waals surface area (Å²) in [4.78, 5) is 27.6. The summed E-state index contributed by atoms with van der Waals surface area (Å²) in [7, 11) is -2.75. The van der Waals surface area contributed by atoms with Crippen LogP contribution in [0.2, 0.25) is 0 Å². The molecule has 0 aliphatic carbocycles. The quantitative estimate of drug-likeness (QED) is 0.438. The number of ether oxygens (including phenoxy) is 2. The third-order valence-corrected chi connectivity index (χ3v) is 8.41. The third-order valence-electron chi connectivity index (χ3n) is 6.54. The van der Waals surface area contributed by atoms with Crippen molar-refractivity contribution in [2.24, 2.45) is 0 Å². The largest absolute Gasteiger partial charge is 0.481 e. The fourth-order valence-corrected chi connectivity index (χ4v) is 6.08. The van der Waals surface area contributed by atoms with Crippen molar-refractivity contribution in [3.63, 3.8) is 0 Å². The Bertz CT molecular complexity index is 1570. The van der Waals surface area contributed by atoms with Crippen LogP contribution in [-0.4, -0.2) is 62.6 Å². The molecule has 1 heterocycles. The number of aliphatic carboxylic acids is 1. The van der Waals surface area contributed by atoms with Crippen LogP contribution in [0.25, 0.3) is 0 Å². The highest BCUT2D eigenvalue weighted by Crippen LogP contribution is 2.33. The van der Waals surface area contributed by atoms with Crippen molar-refractivity contribution >= 4 is 27.6 Å². The molecule has 0 saturated heterocycles. The molecule has 1 aliphatic rings. The summed E-state index contributed by atoms with van der Waals surface area (Å²) in [6, 6.07) is 16.4. The highest BCUT2D eigenvalue weighted by atomic mass is 32.2. The van der Waals surface area contributed by atoms with Gasteiger partial charge in [-0.3, -0.25) is 9.59 Å². The van der Waals surface area contributed by atoms with Crippen LogP contribution in [0.4, 0.5) is 5.69 Å². The van der Waals surface area contributed by atoms with Crippen LogP contribution >= 0.6 is 0 Å². The molecule has 0 radical (unpaired) electrons. The van der Waals surface area contributed by atoms with Gasteiger partial charge in [-0.15, -0.1) is 0 Å². The van der Waals surface area contributed by atoms with Gasteiger partial charge in [-0.05, 0) is 61.4 Å². The van der Waals surface area contributed by atoms with E-state index in [1.165, 1.54) is 36.3 Å². The number of benzene rings is 3. The second-order valence-corrected chi connectivity index (χ2v) is 11.2. The lowest BCUT2D eigenvalue weighted by atomic mass is 10.0. The van der Waals surface area contributed by atoms with E-state index < -0.39 is 27.9 Å². The summed E-state index contributed by atoms with van der Waals surface area (Å²) >= 11 is 0. The lowest BCUT2D eigenvalue weighted by Gasteiger charge is -2.28. The van der Waals surface area contributed by atoms with Crippen LogP contribution in [0.15, 0.2) is 71.6 Å². The van der Waals surface area contributed by atoms with Gasteiger partial charge in [0.2, 0.25) is 10.0 Å². The smallest absolute Gasteiger partial charge is 0.323 e. The lowest BCUT2D eigenvalue weighted by Crippen LogP contribution is -2.50. The summed E-state index contributed by atoms with van der Waals surface area (Å²) < 4.78 is 39.0. The number of anilines is 1. The fourth-order valence-electron chi connectivity index (χ4n) is 4.53. The number of carboxylic acid groups (broad SMARTS) is 1. The second-order valence-electron chi connectivity index (χ2n) is 9.31. The average Bonchev–Trinajstić information content (AvgIpc) is 3.11. The maximum absolute atomic E-state index is 13.8. The number of hydrogen-bond donors (Lipinski definition) is 1. The van der Waals surface area contributed by atoms with Gasteiger partial charge in [0.25, 0.3) is 5.91 Å². The van der Waals surface area contributed by atoms with Crippen LogP contribution in [0, 0.1) is 25.7 Å². The number of fused-ring (bicyclic) bond motifs is 1. The van der Waals surface area contributed by atoms with Gasteiger partial charge in [-0.2, -0.15) is 4.31 Å². The van der Waals surface area contributed by atoms with Crippen molar-refractivity contribution in [1.82, 2.24) is 4.31 Å². The highest BCUT2D eigenvalue weighted by Gasteiger charge is 2.41. The van der Waals surface area contributed by atoms with Gasteiger partial charge in [0.05, 0.1) is 11.4 Å². The molecule has 1 N–H and O–H groups in total. The Balaban J connectivity index is 1.68. The van der Waals surface area contributed by atoms with Crippen molar-refractivity contribution in [3.8, 4) is 17.6 Å². The van der Waals surface area contributed by atoms with Gasteiger partial charge in [0, 0.05) is 24.9 Å². The van der Waals surface area contributed by atoms with Gasteiger partial charge in [0.15, 0.2) is 0 Å². The van der Waals surface area contributed by atoms with Crippen LogP contribution in [-0.2, 0) is 26.1 Å². The molecule has 40 heavy (non-hydrogen) atoms. The van der Waals surface area contributed by atoms with Crippen molar-refractivity contribution in [3.05, 3.63) is 89.0 Å². The van der Waals surface area contributed by atoms with Crippen LogP contribution in [0.1, 0.15) is 27.0 Å². The highest BCUT2D eigenvalue weighted by molar-refractivity contribution is 7.89. The zero-order valence-corrected chi connectivity index (χ0v) is 23.3. The van der Waals surface area contributed by atoms with E-state index in [1.807, 2.05) is 26.0 Å². The molecule has 3 aromatic rings. The summed E-state index contributed by atoms with van der Waals surface area (Å²) in [5.74, 6) is 4.19. The molecule has 0 fully saturated rings. The molecule has 0 aromatic heterocycles. The van der Waals surface area contributed by atoms with Crippen molar-refractivity contribution in [2.45, 2.75) is 31.3 Å². The van der Waals surface area contributed by atoms with E-state index in [-0.39, 0.29) is 31.2 Å². The van der Waals surface area contributed by atoms with Crippen molar-refractivity contribution < 1.29 is 32.6 Å². The second kappa shape index (κ2) is 12.3. The van der Waals surface area contributed by atoms with Crippen molar-refractivity contribution in [1.29, 1.82) is 0 Å². The van der Waals surface area contributed by atoms with Crippen molar-refractivity contribution in [2.75, 3.05) is 31.8 Å². The summed E-state index contributed by atoms with van der Waals surface area (Å²) in [5.41, 5.74) is 3.14. The molecule has 1 unspecified atom stereocenters. The molecule has 1 aliphatic heterocycles. The number of methoxy groups -OCH3 is 1. The molecule has 0 spiro atoms. The normalized spacial score (nSPS) is 15.4. The number of rotatable bonds is 7. The summed E-state index contributed by atoms with van der Waals surface area (Å²) in [6.45, 7) is 3.52. The lowest BCUT2D eigenvalue weighted by molar-refractivity contribution is -0.141. The molecular weight excluding hydrogens is 532 g/mol. The van der Waals surface area contributed by atoms with Gasteiger partial charge in [-0.25, -0.2) is 8.42 Å². The Morgan fingerprint density at radius 3 is 2.38 bits per heavy atom. The Labute approximate surface area is 234 Å². The number of carbonyl (C=O) groups excluding carboxylic acids is 1. The number of sulfonamides is 1. The van der Waals surface area contributed by atoms with E-state index in [9.17, 15) is 23.1 Å². The predicted octanol–water partition coefficient (Wildman–Crippen LogP) is 3.64. The predicted molar refractivity (Wildman–Crippen MR) is 150 cm³/mol. The molecule has 9 nitrogen and oxygen atoms in total. The van der Waals surface area contributed by atoms with E-state index >= 15 is 0 Å². The number of amides is 1. The van der Waals surface area contributed by atoms with E-state index in [0.29, 0.717) is 22.6 Å². The summed E-state index contributed by atoms with van der Waals surface area (Å²) in [6.07, 6.45) is 0. The monoisotopic (exact) mass is 562 g/mol. The number of hydrogen-bond acceptors (Lipinski definition) is 6. The number of carboxylic acids is 1. The van der Waals surface area contributed by atoms with E-state index in [4.69, 9.17) is 9.47 Å². The standard InChI is InChI=1S/C30H30N2O7S/c1-21-10-15-26(22(2)18-21)29(33)31-20-28(30(34)35)32(19-23-8-4-5-9-27(23)31)40(36,37)25-13-11-24(12-14-25)39-17-7-6-16-38-3/h4-5,8-15,18,28H,16-17,19-20H2,1-3H3,(H,34,35). The molecule has 1 amide bonds. The van der Waals surface area contributed by atoms with E-state index in [0.717, 1.165) is 15.4 Å². The molecule has 0 bridgehead atoms. The van der Waals surface area contributed by atoms with Crippen LogP contribution in [0.5, 0.6) is 5.75 Å². The van der Waals surface area contributed by atoms with E-state index in [2.05, 4.69) is 11.8 Å². The Hall–Kier alpha value is -4.17. The Kier molecular flexibility index (Phi) is 8.90. The minimum absolute atomic E-state index is 0.0943. The van der Waals surface area contributed by atoms with Crippen LogP contribution < -0.4 is 9.64 Å². The first-order valence-corrected chi connectivity index (χ1v) is 14.0. The van der Waals surface area contributed by atoms with Gasteiger partial charge >= 0.3 is 5.97 Å². The first-order chi connectivity index (χ1) is 19.1. The van der Waals surface area contributed by atoms with Gasteiger partial charge < -0.3 is 19.5 Å². The number of nitrogens with zero attached hydrogens (tertiary/aromatic N) is 2. The first kappa shape index (κ1) is 28.8. The Morgan fingerprint density at radius 2 is 1.70 bits per heavy atom. The fraction of sp³-hybridized carbons (Fsp3) is 0.267.